The summed E-state index contributed by atoms with van der Waals surface area (Å²) in [6.07, 6.45) is 11.4. The van der Waals surface area contributed by atoms with Gasteiger partial charge >= 0.3 is 0 Å². The van der Waals surface area contributed by atoms with Gasteiger partial charge in [0.1, 0.15) is 6.07 Å². The summed E-state index contributed by atoms with van der Waals surface area (Å²) in [4.78, 5) is 11.2. The molecule has 1 saturated heterocycles. The van der Waals surface area contributed by atoms with Gasteiger partial charge in [0.25, 0.3) is 0 Å². The second-order valence-corrected chi connectivity index (χ2v) is 13.2. The van der Waals surface area contributed by atoms with Gasteiger partial charge in [-0.3, -0.25) is 19.9 Å². The molecule has 0 radical (unpaired) electrons. The van der Waals surface area contributed by atoms with Gasteiger partial charge in [0.15, 0.2) is 0 Å². The number of likely N-dealkylation sites (tertiary alicyclic amines) is 1. The molecule has 0 bridgehead atoms. The van der Waals surface area contributed by atoms with Crippen molar-refractivity contribution in [3.8, 4) is 6.07 Å². The van der Waals surface area contributed by atoms with E-state index in [0.717, 1.165) is 53.8 Å². The molecule has 3 heterocycles. The van der Waals surface area contributed by atoms with E-state index in [2.05, 4.69) is 100 Å². The molecule has 0 aliphatic carbocycles. The highest BCUT2D eigenvalue weighted by Gasteiger charge is 2.32. The fourth-order valence-corrected chi connectivity index (χ4v) is 6.28. The van der Waals surface area contributed by atoms with Crippen molar-refractivity contribution in [2.45, 2.75) is 64.2 Å². The summed E-state index contributed by atoms with van der Waals surface area (Å²) in [7, 11) is 1.74. The van der Waals surface area contributed by atoms with Crippen LogP contribution in [0.2, 0.25) is 5.02 Å². The van der Waals surface area contributed by atoms with Crippen molar-refractivity contribution in [1.82, 2.24) is 25.9 Å². The van der Waals surface area contributed by atoms with E-state index in [9.17, 15) is 5.26 Å². The Kier molecular flexibility index (Phi) is 10.3. The van der Waals surface area contributed by atoms with Crippen molar-refractivity contribution in [1.29, 1.82) is 5.26 Å². The van der Waals surface area contributed by atoms with Crippen LogP contribution in [-0.2, 0) is 0 Å². The highest BCUT2D eigenvalue weighted by atomic mass is 35.5. The van der Waals surface area contributed by atoms with Gasteiger partial charge in [0, 0.05) is 67.4 Å². The highest BCUT2D eigenvalue weighted by Crippen LogP contribution is 2.36. The summed E-state index contributed by atoms with van der Waals surface area (Å²) in [5.74, 6) is 0. The molecule has 0 unspecified atom stereocenters. The van der Waals surface area contributed by atoms with Gasteiger partial charge in [-0.25, -0.2) is 0 Å². The van der Waals surface area contributed by atoms with E-state index < -0.39 is 0 Å². The summed E-state index contributed by atoms with van der Waals surface area (Å²) < 4.78 is 0. The van der Waals surface area contributed by atoms with Crippen molar-refractivity contribution >= 4 is 40.1 Å². The van der Waals surface area contributed by atoms with Crippen LogP contribution in [0.5, 0.6) is 0 Å². The lowest BCUT2D eigenvalue weighted by Gasteiger charge is -2.42. The first kappa shape index (κ1) is 33.0. The smallest absolute Gasteiger partial charge is 0.103 e. The number of anilines is 2. The third kappa shape index (κ3) is 7.53. The van der Waals surface area contributed by atoms with E-state index in [0.29, 0.717) is 27.8 Å². The lowest BCUT2D eigenvalue weighted by Crippen LogP contribution is -2.52. The predicted octanol–water partition coefficient (Wildman–Crippen LogP) is 6.96. The molecule has 5 rings (SSSR count). The third-order valence-electron chi connectivity index (χ3n) is 8.66. The number of hydrogen-bond acceptors (Lipinski definition) is 9. The summed E-state index contributed by atoms with van der Waals surface area (Å²) in [6.45, 7) is 15.4. The molecule has 240 valence electrons. The van der Waals surface area contributed by atoms with Crippen LogP contribution in [0.1, 0.15) is 57.7 Å². The molecular weight excluding hydrogens is 594 g/mol. The molecule has 1 aromatic heterocycles. The van der Waals surface area contributed by atoms with Gasteiger partial charge in [-0.1, -0.05) is 54.6 Å². The standard InChI is InChI=1S/C36H44ClN9/c1-24(11-10-16-39-6)33(32-23-46(44-43-32)29-14-17-45(18-15-29)36(3,4)5)42-28-19-30-34(41-25(2)26-12-8-7-9-13-26)27(21-38)22-40-35(30)31(37)20-28/h7-13,16,19-20,22-23,25,29,33,42-44H,1,14-15,17-18H2,2-6H3,(H,40,41)/b11-10-,39-16-/t25-,33+/m1/s1. The van der Waals surface area contributed by atoms with E-state index in [1.165, 1.54) is 0 Å². The molecule has 2 atom stereocenters. The molecule has 0 saturated carbocycles. The van der Waals surface area contributed by atoms with Gasteiger partial charge in [-0.15, -0.1) is 5.53 Å². The van der Waals surface area contributed by atoms with E-state index in [4.69, 9.17) is 11.6 Å². The Labute approximate surface area is 277 Å². The lowest BCUT2D eigenvalue weighted by molar-refractivity contribution is 0.0570. The maximum absolute atomic E-state index is 10.0. The molecule has 3 aromatic rings. The number of rotatable bonds is 10. The van der Waals surface area contributed by atoms with Crippen molar-refractivity contribution in [3.63, 3.8) is 0 Å². The van der Waals surface area contributed by atoms with Crippen LogP contribution in [0, 0.1) is 11.3 Å². The first-order chi connectivity index (χ1) is 22.1. The van der Waals surface area contributed by atoms with E-state index in [1.54, 1.807) is 19.5 Å². The van der Waals surface area contributed by atoms with Gasteiger partial charge in [-0.05, 0) is 69.9 Å². The Balaban J connectivity index is 1.46. The molecule has 2 aromatic carbocycles. The molecule has 2 aliphatic heterocycles. The van der Waals surface area contributed by atoms with Crippen molar-refractivity contribution in [2.24, 2.45) is 4.99 Å². The molecule has 2 aliphatic rings. The fraction of sp³-hybridized carbons (Fsp3) is 0.361. The lowest BCUT2D eigenvalue weighted by atomic mass is 9.98. The zero-order chi connectivity index (χ0) is 32.8. The van der Waals surface area contributed by atoms with Crippen LogP contribution < -0.4 is 21.6 Å². The highest BCUT2D eigenvalue weighted by molar-refractivity contribution is 6.35. The number of allylic oxidation sites excluding steroid dienone is 1. The number of benzene rings is 2. The van der Waals surface area contributed by atoms with Crippen LogP contribution in [0.15, 0.2) is 89.9 Å². The zero-order valence-electron chi connectivity index (χ0n) is 27.3. The number of pyridine rings is 1. The minimum absolute atomic E-state index is 0.0487. The molecular formula is C36H44ClN9. The van der Waals surface area contributed by atoms with Crippen LogP contribution >= 0.6 is 11.6 Å². The topological polar surface area (TPSA) is 104 Å². The number of piperidine rings is 1. The maximum atomic E-state index is 10.0. The Hall–Kier alpha value is -4.36. The van der Waals surface area contributed by atoms with Gasteiger partial charge in [-0.2, -0.15) is 5.26 Å². The third-order valence-corrected chi connectivity index (χ3v) is 8.95. The summed E-state index contributed by atoms with van der Waals surface area (Å²) >= 11 is 6.86. The SMILES string of the molecule is C=C(/C=C\C=N/C)[C@H](Nc1cc(Cl)c2ncc(C#N)c(N[C@H](C)c3ccccc3)c2c1)C1=CN(C2CCN(C(C)(C)C)CC2)NN1. The van der Waals surface area contributed by atoms with Crippen LogP contribution in [0.25, 0.3) is 10.9 Å². The number of hydrogen-bond donors (Lipinski definition) is 4. The fourth-order valence-electron chi connectivity index (χ4n) is 6.01. The quantitative estimate of drug-likeness (QED) is 0.140. The largest absolute Gasteiger partial charge is 0.377 e. The number of nitrogens with one attached hydrogen (secondary N) is 4. The monoisotopic (exact) mass is 637 g/mol. The summed E-state index contributed by atoms with van der Waals surface area (Å²) in [5.41, 5.74) is 12.3. The summed E-state index contributed by atoms with van der Waals surface area (Å²) in [6, 6.07) is 16.3. The molecule has 1 fully saturated rings. The van der Waals surface area contributed by atoms with E-state index in [-0.39, 0.29) is 17.6 Å². The minimum atomic E-state index is -0.311. The molecule has 46 heavy (non-hydrogen) atoms. The van der Waals surface area contributed by atoms with Gasteiger partial charge in [0.05, 0.1) is 33.5 Å². The number of aliphatic imine (C=N–C) groups is 1. The van der Waals surface area contributed by atoms with Gasteiger partial charge in [0.2, 0.25) is 0 Å². The van der Waals surface area contributed by atoms with Crippen molar-refractivity contribution < 1.29 is 0 Å². The maximum Gasteiger partial charge on any atom is 0.103 e. The average Bonchev–Trinajstić information content (AvgIpc) is 3.54. The van der Waals surface area contributed by atoms with Crippen molar-refractivity contribution in [3.05, 3.63) is 101 Å². The number of nitrogens with zero attached hydrogens (tertiary/aromatic N) is 5. The molecule has 10 heteroatoms. The van der Waals surface area contributed by atoms with Crippen molar-refractivity contribution in [2.75, 3.05) is 30.8 Å². The zero-order valence-corrected chi connectivity index (χ0v) is 28.1. The Bertz CT molecular complexity index is 1680. The second-order valence-electron chi connectivity index (χ2n) is 12.8. The molecule has 0 spiro atoms. The van der Waals surface area contributed by atoms with Crippen LogP contribution in [0.3, 0.4) is 0 Å². The van der Waals surface area contributed by atoms with E-state index in [1.807, 2.05) is 42.5 Å². The molecule has 0 amide bonds. The Morgan fingerprint density at radius 3 is 2.61 bits per heavy atom. The number of fused-ring (bicyclic) bond motifs is 1. The van der Waals surface area contributed by atoms with E-state index >= 15 is 0 Å². The summed E-state index contributed by atoms with van der Waals surface area (Å²) in [5, 5.41) is 20.6. The molecule has 9 nitrogen and oxygen atoms in total. The number of halogens is 1. The first-order valence-corrected chi connectivity index (χ1v) is 16.1. The minimum Gasteiger partial charge on any atom is -0.377 e. The Morgan fingerprint density at radius 2 is 1.93 bits per heavy atom. The normalized spacial score (nSPS) is 17.6. The molecule has 4 N–H and O–H groups in total. The van der Waals surface area contributed by atoms with Crippen LogP contribution in [0.4, 0.5) is 11.4 Å². The average molecular weight is 638 g/mol. The number of aromatic nitrogens is 1. The Morgan fingerprint density at radius 1 is 1.20 bits per heavy atom. The van der Waals surface area contributed by atoms with Gasteiger partial charge < -0.3 is 16.1 Å². The predicted molar refractivity (Wildman–Crippen MR) is 191 cm³/mol. The van der Waals surface area contributed by atoms with Crippen LogP contribution in [-0.4, -0.2) is 58.9 Å². The number of nitriles is 1. The second kappa shape index (κ2) is 14.4. The number of hydrazine groups is 2. The first-order valence-electron chi connectivity index (χ1n) is 15.7.